The SMILES string of the molecule is N.c1ccc(CC2(Cc3ccccc3)CCc3c(cccc3-c3ccncc3)O2)cc1. The van der Waals surface area contributed by atoms with Crippen LogP contribution < -0.4 is 10.9 Å². The van der Waals surface area contributed by atoms with Crippen molar-refractivity contribution in [1.82, 2.24) is 11.1 Å². The molecule has 1 aliphatic rings. The van der Waals surface area contributed by atoms with Crippen molar-refractivity contribution in [3.8, 4) is 16.9 Å². The molecule has 3 N–H and O–H groups in total. The van der Waals surface area contributed by atoms with Crippen LogP contribution in [0.3, 0.4) is 0 Å². The lowest BCUT2D eigenvalue weighted by Gasteiger charge is -2.40. The Morgan fingerprint density at radius 1 is 0.710 bits per heavy atom. The van der Waals surface area contributed by atoms with Crippen molar-refractivity contribution in [2.75, 3.05) is 0 Å². The van der Waals surface area contributed by atoms with Gasteiger partial charge in [0.15, 0.2) is 0 Å². The summed E-state index contributed by atoms with van der Waals surface area (Å²) in [5.74, 6) is 1.02. The highest BCUT2D eigenvalue weighted by molar-refractivity contribution is 5.70. The van der Waals surface area contributed by atoms with E-state index in [0.717, 1.165) is 31.4 Å². The topological polar surface area (TPSA) is 57.1 Å². The summed E-state index contributed by atoms with van der Waals surface area (Å²) in [6, 6.07) is 32.0. The molecule has 0 amide bonds. The largest absolute Gasteiger partial charge is 0.486 e. The van der Waals surface area contributed by atoms with Gasteiger partial charge >= 0.3 is 0 Å². The first-order valence-electron chi connectivity index (χ1n) is 10.6. The van der Waals surface area contributed by atoms with E-state index in [1.807, 2.05) is 12.4 Å². The van der Waals surface area contributed by atoms with E-state index >= 15 is 0 Å². The third-order valence-electron chi connectivity index (χ3n) is 6.02. The van der Waals surface area contributed by atoms with Crippen molar-refractivity contribution in [2.45, 2.75) is 31.3 Å². The Balaban J connectivity index is 0.00000231. The standard InChI is InChI=1S/C28H25NO.H3N/c1-3-8-22(9-4-1)20-28(21-23-10-5-2-6-11-23)17-14-26-25(12-7-13-27(26)30-28)24-15-18-29-19-16-24;/h1-13,15-16,18-19H,14,17,20-21H2;1H3. The highest BCUT2D eigenvalue weighted by Gasteiger charge is 2.37. The van der Waals surface area contributed by atoms with E-state index in [1.54, 1.807) is 0 Å². The van der Waals surface area contributed by atoms with Gasteiger partial charge in [0.05, 0.1) is 0 Å². The fourth-order valence-electron chi connectivity index (χ4n) is 4.61. The monoisotopic (exact) mass is 408 g/mol. The van der Waals surface area contributed by atoms with E-state index in [-0.39, 0.29) is 11.8 Å². The van der Waals surface area contributed by atoms with Crippen molar-refractivity contribution in [2.24, 2.45) is 0 Å². The molecule has 3 heteroatoms. The Labute approximate surface area is 184 Å². The molecule has 4 aromatic rings. The summed E-state index contributed by atoms with van der Waals surface area (Å²) in [6.07, 6.45) is 7.52. The molecular weight excluding hydrogens is 380 g/mol. The number of fused-ring (bicyclic) bond motifs is 1. The smallest absolute Gasteiger partial charge is 0.123 e. The van der Waals surface area contributed by atoms with E-state index in [2.05, 4.69) is 96.0 Å². The Kier molecular flexibility index (Phi) is 6.15. The maximum Gasteiger partial charge on any atom is 0.123 e. The minimum atomic E-state index is -0.243. The fourth-order valence-corrected chi connectivity index (χ4v) is 4.61. The second-order valence-corrected chi connectivity index (χ2v) is 8.13. The van der Waals surface area contributed by atoms with Crippen LogP contribution in [-0.4, -0.2) is 10.6 Å². The minimum Gasteiger partial charge on any atom is -0.486 e. The highest BCUT2D eigenvalue weighted by atomic mass is 16.5. The lowest BCUT2D eigenvalue weighted by atomic mass is 9.80. The second kappa shape index (κ2) is 9.15. The number of rotatable bonds is 5. The molecule has 0 saturated carbocycles. The summed E-state index contributed by atoms with van der Waals surface area (Å²) in [5, 5.41) is 0. The zero-order chi connectivity index (χ0) is 20.2. The van der Waals surface area contributed by atoms with Crippen LogP contribution >= 0.6 is 0 Å². The van der Waals surface area contributed by atoms with E-state index in [4.69, 9.17) is 4.74 Å². The molecule has 0 spiro atoms. The number of benzene rings is 3. The van der Waals surface area contributed by atoms with Crippen molar-refractivity contribution >= 4 is 0 Å². The molecule has 156 valence electrons. The molecule has 3 aromatic carbocycles. The van der Waals surface area contributed by atoms with Gasteiger partial charge in [-0.1, -0.05) is 72.8 Å². The molecule has 31 heavy (non-hydrogen) atoms. The molecule has 3 nitrogen and oxygen atoms in total. The first kappa shape index (κ1) is 20.8. The third-order valence-corrected chi connectivity index (χ3v) is 6.02. The summed E-state index contributed by atoms with van der Waals surface area (Å²) in [7, 11) is 0. The number of hydrogen-bond donors (Lipinski definition) is 1. The molecule has 5 rings (SSSR count). The predicted molar refractivity (Wildman–Crippen MR) is 127 cm³/mol. The zero-order valence-electron chi connectivity index (χ0n) is 17.7. The highest BCUT2D eigenvalue weighted by Crippen LogP contribution is 2.41. The van der Waals surface area contributed by atoms with Gasteiger partial charge in [-0.3, -0.25) is 4.98 Å². The van der Waals surface area contributed by atoms with E-state index in [0.29, 0.717) is 0 Å². The molecule has 0 saturated heterocycles. The van der Waals surface area contributed by atoms with E-state index in [9.17, 15) is 0 Å². The normalized spacial score (nSPS) is 14.1. The van der Waals surface area contributed by atoms with Crippen LogP contribution in [0.4, 0.5) is 0 Å². The molecule has 0 unspecified atom stereocenters. The number of aromatic nitrogens is 1. The van der Waals surface area contributed by atoms with Crippen LogP contribution in [0.25, 0.3) is 11.1 Å². The van der Waals surface area contributed by atoms with Crippen molar-refractivity contribution in [3.63, 3.8) is 0 Å². The maximum atomic E-state index is 6.87. The van der Waals surface area contributed by atoms with Crippen molar-refractivity contribution < 1.29 is 4.74 Å². The van der Waals surface area contributed by atoms with Gasteiger partial charge in [0.2, 0.25) is 0 Å². The molecule has 0 radical (unpaired) electrons. The second-order valence-electron chi connectivity index (χ2n) is 8.13. The maximum absolute atomic E-state index is 6.87. The quantitative estimate of drug-likeness (QED) is 0.412. The van der Waals surface area contributed by atoms with Crippen LogP contribution in [-0.2, 0) is 19.3 Å². The summed E-state index contributed by atoms with van der Waals surface area (Å²) < 4.78 is 6.87. The average Bonchev–Trinajstić information content (AvgIpc) is 2.80. The molecule has 2 heterocycles. The molecule has 1 aromatic heterocycles. The van der Waals surface area contributed by atoms with Gasteiger partial charge in [0, 0.05) is 30.8 Å². The molecular formula is C28H28N2O. The first-order valence-corrected chi connectivity index (χ1v) is 10.6. The van der Waals surface area contributed by atoms with Gasteiger partial charge in [0.25, 0.3) is 0 Å². The van der Waals surface area contributed by atoms with Crippen LogP contribution in [0.5, 0.6) is 5.75 Å². The minimum absolute atomic E-state index is 0. The molecule has 0 atom stereocenters. The van der Waals surface area contributed by atoms with Gasteiger partial charge < -0.3 is 10.9 Å². The molecule has 0 aliphatic carbocycles. The number of nitrogens with zero attached hydrogens (tertiary/aromatic N) is 1. The fraction of sp³-hybridized carbons (Fsp3) is 0.179. The molecule has 0 bridgehead atoms. The van der Waals surface area contributed by atoms with Gasteiger partial charge in [-0.25, -0.2) is 0 Å². The van der Waals surface area contributed by atoms with E-state index < -0.39 is 0 Å². The van der Waals surface area contributed by atoms with Crippen molar-refractivity contribution in [1.29, 1.82) is 0 Å². The Hall–Kier alpha value is -3.43. The van der Waals surface area contributed by atoms with Crippen LogP contribution in [0, 0.1) is 0 Å². The Morgan fingerprint density at radius 3 is 1.94 bits per heavy atom. The number of ether oxygens (including phenoxy) is 1. The molecule has 1 aliphatic heterocycles. The van der Waals surface area contributed by atoms with Crippen LogP contribution in [0.15, 0.2) is 103 Å². The first-order chi connectivity index (χ1) is 14.8. The lowest BCUT2D eigenvalue weighted by Crippen LogP contribution is -2.44. The van der Waals surface area contributed by atoms with E-state index in [1.165, 1.54) is 27.8 Å². The Bertz CT molecular complexity index is 1070. The summed E-state index contributed by atoms with van der Waals surface area (Å²) in [6.45, 7) is 0. The van der Waals surface area contributed by atoms with Gasteiger partial charge in [-0.15, -0.1) is 0 Å². The Morgan fingerprint density at radius 2 is 1.32 bits per heavy atom. The molecule has 0 fully saturated rings. The van der Waals surface area contributed by atoms with Gasteiger partial charge in [-0.05, 0) is 53.3 Å². The average molecular weight is 409 g/mol. The third kappa shape index (κ3) is 4.52. The number of pyridine rings is 1. The number of hydrogen-bond acceptors (Lipinski definition) is 3. The lowest BCUT2D eigenvalue weighted by molar-refractivity contribution is 0.0466. The van der Waals surface area contributed by atoms with Gasteiger partial charge in [-0.2, -0.15) is 0 Å². The summed E-state index contributed by atoms with van der Waals surface area (Å²) in [5.41, 5.74) is 6.16. The summed E-state index contributed by atoms with van der Waals surface area (Å²) in [4.78, 5) is 4.17. The predicted octanol–water partition coefficient (Wildman–Crippen LogP) is 6.46. The zero-order valence-corrected chi connectivity index (χ0v) is 17.7. The van der Waals surface area contributed by atoms with Crippen molar-refractivity contribution in [3.05, 3.63) is 120 Å². The van der Waals surface area contributed by atoms with Gasteiger partial charge in [0.1, 0.15) is 11.4 Å². The summed E-state index contributed by atoms with van der Waals surface area (Å²) >= 11 is 0. The van der Waals surface area contributed by atoms with Crippen LogP contribution in [0.2, 0.25) is 0 Å². The van der Waals surface area contributed by atoms with Crippen LogP contribution in [0.1, 0.15) is 23.1 Å².